The van der Waals surface area contributed by atoms with Gasteiger partial charge in [0.25, 0.3) is 0 Å². The number of rotatable bonds is 4. The van der Waals surface area contributed by atoms with Crippen LogP contribution in [0.5, 0.6) is 0 Å². The van der Waals surface area contributed by atoms with Gasteiger partial charge in [-0.3, -0.25) is 4.90 Å². The molecule has 19 heavy (non-hydrogen) atoms. The molecule has 0 amide bonds. The van der Waals surface area contributed by atoms with E-state index in [2.05, 4.69) is 34.5 Å². The van der Waals surface area contributed by atoms with E-state index in [1.54, 1.807) is 0 Å². The highest BCUT2D eigenvalue weighted by molar-refractivity contribution is 5.46. The van der Waals surface area contributed by atoms with Crippen LogP contribution >= 0.6 is 0 Å². The number of benzene rings is 1. The van der Waals surface area contributed by atoms with Crippen molar-refractivity contribution in [3.8, 4) is 0 Å². The second-order valence-corrected chi connectivity index (χ2v) is 5.71. The van der Waals surface area contributed by atoms with Crippen molar-refractivity contribution >= 4 is 5.69 Å². The highest BCUT2D eigenvalue weighted by atomic mass is 16.5. The lowest BCUT2D eigenvalue weighted by molar-refractivity contribution is 0.0342. The number of ether oxygens (including phenoxy) is 1. The Morgan fingerprint density at radius 3 is 2.74 bits per heavy atom. The van der Waals surface area contributed by atoms with E-state index in [0.29, 0.717) is 6.04 Å². The van der Waals surface area contributed by atoms with Gasteiger partial charge in [0.05, 0.1) is 13.2 Å². The van der Waals surface area contributed by atoms with Crippen molar-refractivity contribution in [1.82, 2.24) is 4.90 Å². The smallest absolute Gasteiger partial charge is 0.0594 e. The minimum absolute atomic E-state index is 0.693. The van der Waals surface area contributed by atoms with Gasteiger partial charge in [0.1, 0.15) is 0 Å². The summed E-state index contributed by atoms with van der Waals surface area (Å²) in [6.45, 7) is 4.91. The molecule has 1 heterocycles. The first kappa shape index (κ1) is 12.9. The van der Waals surface area contributed by atoms with Gasteiger partial charge in [-0.05, 0) is 30.5 Å². The number of morpholine rings is 1. The van der Waals surface area contributed by atoms with Gasteiger partial charge < -0.3 is 10.1 Å². The highest BCUT2D eigenvalue weighted by Crippen LogP contribution is 2.23. The molecule has 1 aliphatic carbocycles. The molecule has 0 bridgehead atoms. The van der Waals surface area contributed by atoms with Crippen LogP contribution in [0.4, 0.5) is 5.69 Å². The summed E-state index contributed by atoms with van der Waals surface area (Å²) in [5.74, 6) is 0. The van der Waals surface area contributed by atoms with Crippen molar-refractivity contribution in [2.75, 3.05) is 31.6 Å². The Balaban J connectivity index is 1.58. The minimum atomic E-state index is 0.693. The summed E-state index contributed by atoms with van der Waals surface area (Å²) >= 11 is 0. The fraction of sp³-hybridized carbons (Fsp3) is 0.625. The monoisotopic (exact) mass is 260 g/mol. The maximum atomic E-state index is 5.40. The summed E-state index contributed by atoms with van der Waals surface area (Å²) in [5.41, 5.74) is 2.70. The van der Waals surface area contributed by atoms with Crippen molar-refractivity contribution in [3.05, 3.63) is 29.8 Å². The summed E-state index contributed by atoms with van der Waals surface area (Å²) in [6, 6.07) is 9.61. The molecule has 1 saturated heterocycles. The molecule has 1 aromatic rings. The van der Waals surface area contributed by atoms with E-state index in [1.807, 2.05) is 0 Å². The van der Waals surface area contributed by atoms with Gasteiger partial charge in [0.2, 0.25) is 0 Å². The fourth-order valence-electron chi connectivity index (χ4n) is 3.08. The van der Waals surface area contributed by atoms with Gasteiger partial charge in [-0.2, -0.15) is 0 Å². The average molecular weight is 260 g/mol. The topological polar surface area (TPSA) is 24.5 Å². The normalized spacial score (nSPS) is 21.7. The predicted molar refractivity (Wildman–Crippen MR) is 78.4 cm³/mol. The zero-order valence-electron chi connectivity index (χ0n) is 11.6. The molecule has 0 unspecified atom stereocenters. The Morgan fingerprint density at radius 2 is 1.95 bits per heavy atom. The number of nitrogens with one attached hydrogen (secondary N) is 1. The van der Waals surface area contributed by atoms with E-state index >= 15 is 0 Å². The van der Waals surface area contributed by atoms with E-state index < -0.39 is 0 Å². The van der Waals surface area contributed by atoms with E-state index in [4.69, 9.17) is 4.74 Å². The number of hydrogen-bond acceptors (Lipinski definition) is 3. The fourth-order valence-corrected chi connectivity index (χ4v) is 3.08. The molecule has 2 aliphatic rings. The second kappa shape index (κ2) is 6.40. The third-order valence-electron chi connectivity index (χ3n) is 4.16. The van der Waals surface area contributed by atoms with Crippen molar-refractivity contribution < 1.29 is 4.74 Å². The Morgan fingerprint density at radius 1 is 1.16 bits per heavy atom. The maximum Gasteiger partial charge on any atom is 0.0594 e. The van der Waals surface area contributed by atoms with Crippen LogP contribution in [0.15, 0.2) is 24.3 Å². The van der Waals surface area contributed by atoms with Gasteiger partial charge in [-0.15, -0.1) is 0 Å². The zero-order chi connectivity index (χ0) is 12.9. The van der Waals surface area contributed by atoms with E-state index in [1.165, 1.54) is 36.9 Å². The molecule has 1 saturated carbocycles. The molecule has 1 aromatic carbocycles. The third kappa shape index (κ3) is 3.71. The molecule has 1 N–H and O–H groups in total. The van der Waals surface area contributed by atoms with Crippen LogP contribution in [0, 0.1) is 0 Å². The minimum Gasteiger partial charge on any atom is -0.382 e. The summed E-state index contributed by atoms with van der Waals surface area (Å²) in [7, 11) is 0. The Hall–Kier alpha value is -1.06. The van der Waals surface area contributed by atoms with E-state index in [-0.39, 0.29) is 0 Å². The Kier molecular flexibility index (Phi) is 4.36. The number of hydrogen-bond donors (Lipinski definition) is 1. The summed E-state index contributed by atoms with van der Waals surface area (Å²) in [4.78, 5) is 2.47. The molecule has 0 aromatic heterocycles. The van der Waals surface area contributed by atoms with Crippen LogP contribution < -0.4 is 5.32 Å². The first-order chi connectivity index (χ1) is 9.40. The largest absolute Gasteiger partial charge is 0.382 e. The molecule has 0 spiro atoms. The zero-order valence-corrected chi connectivity index (χ0v) is 11.6. The highest BCUT2D eigenvalue weighted by Gasteiger charge is 2.15. The molecular weight excluding hydrogens is 236 g/mol. The maximum absolute atomic E-state index is 5.40. The van der Waals surface area contributed by atoms with Gasteiger partial charge in [-0.25, -0.2) is 0 Å². The molecule has 3 nitrogen and oxygen atoms in total. The summed E-state index contributed by atoms with van der Waals surface area (Å²) in [5, 5.41) is 3.68. The van der Waals surface area contributed by atoms with E-state index in [9.17, 15) is 0 Å². The molecule has 104 valence electrons. The first-order valence-corrected chi connectivity index (χ1v) is 7.56. The lowest BCUT2D eigenvalue weighted by Gasteiger charge is -2.26. The average Bonchev–Trinajstić information content (AvgIpc) is 2.93. The summed E-state index contributed by atoms with van der Waals surface area (Å²) < 4.78 is 5.40. The Labute approximate surface area is 115 Å². The van der Waals surface area contributed by atoms with Crippen molar-refractivity contribution in [1.29, 1.82) is 0 Å². The van der Waals surface area contributed by atoms with Gasteiger partial charge in [0.15, 0.2) is 0 Å². The van der Waals surface area contributed by atoms with Crippen LogP contribution in [-0.4, -0.2) is 37.2 Å². The van der Waals surface area contributed by atoms with E-state index in [0.717, 1.165) is 32.8 Å². The molecule has 3 rings (SSSR count). The van der Waals surface area contributed by atoms with Crippen molar-refractivity contribution in [2.45, 2.75) is 38.3 Å². The predicted octanol–water partition coefficient (Wildman–Crippen LogP) is 2.87. The van der Waals surface area contributed by atoms with Gasteiger partial charge in [0, 0.05) is 31.4 Å². The molecule has 0 atom stereocenters. The van der Waals surface area contributed by atoms with Gasteiger partial charge in [-0.1, -0.05) is 25.0 Å². The van der Waals surface area contributed by atoms with Crippen LogP contribution in [0.1, 0.15) is 31.2 Å². The lowest BCUT2D eigenvalue weighted by atomic mass is 10.1. The molecule has 0 radical (unpaired) electrons. The van der Waals surface area contributed by atoms with Crippen LogP contribution in [0.25, 0.3) is 0 Å². The van der Waals surface area contributed by atoms with Crippen LogP contribution in [0.3, 0.4) is 0 Å². The molecular formula is C16H24N2O. The molecule has 1 aliphatic heterocycles. The van der Waals surface area contributed by atoms with Crippen LogP contribution in [0.2, 0.25) is 0 Å². The third-order valence-corrected chi connectivity index (χ3v) is 4.16. The quantitative estimate of drug-likeness (QED) is 0.901. The second-order valence-electron chi connectivity index (χ2n) is 5.71. The van der Waals surface area contributed by atoms with Gasteiger partial charge >= 0.3 is 0 Å². The van der Waals surface area contributed by atoms with Crippen LogP contribution in [-0.2, 0) is 11.3 Å². The van der Waals surface area contributed by atoms with Crippen molar-refractivity contribution in [3.63, 3.8) is 0 Å². The van der Waals surface area contributed by atoms with Crippen molar-refractivity contribution in [2.24, 2.45) is 0 Å². The number of nitrogens with zero attached hydrogens (tertiary/aromatic N) is 1. The number of anilines is 1. The Bertz CT molecular complexity index is 395. The lowest BCUT2D eigenvalue weighted by Crippen LogP contribution is -2.35. The molecule has 3 heteroatoms. The molecule has 2 fully saturated rings. The standard InChI is InChI=1S/C16H24N2O/c1-2-6-15(5-1)17-16-7-3-4-14(12-16)13-18-8-10-19-11-9-18/h3-4,7,12,15,17H,1-2,5-6,8-11,13H2. The SMILES string of the molecule is c1cc(CN2CCOCC2)cc(NC2CCCC2)c1. The summed E-state index contributed by atoms with van der Waals surface area (Å²) in [6.07, 6.45) is 5.41. The first-order valence-electron chi connectivity index (χ1n) is 7.56.